The lowest BCUT2D eigenvalue weighted by atomic mass is 9.85. The van der Waals surface area contributed by atoms with Crippen LogP contribution in [0.25, 0.3) is 11.0 Å². The van der Waals surface area contributed by atoms with Crippen molar-refractivity contribution in [3.05, 3.63) is 42.4 Å². The highest BCUT2D eigenvalue weighted by atomic mass is 16.6. The summed E-state index contributed by atoms with van der Waals surface area (Å²) in [6, 6.07) is 7.67. The van der Waals surface area contributed by atoms with Crippen molar-refractivity contribution in [3.63, 3.8) is 0 Å². The second kappa shape index (κ2) is 9.58. The monoisotopic (exact) mass is 449 g/mol. The molecule has 5 rings (SSSR count). The molecule has 0 saturated heterocycles. The second-order valence-electron chi connectivity index (χ2n) is 8.32. The molecular formula is C24H27N5O4. The second-order valence-corrected chi connectivity index (χ2v) is 8.32. The van der Waals surface area contributed by atoms with Gasteiger partial charge < -0.3 is 24.8 Å². The van der Waals surface area contributed by atoms with Crippen LogP contribution in [0.1, 0.15) is 31.4 Å². The summed E-state index contributed by atoms with van der Waals surface area (Å²) in [4.78, 5) is 26.2. The molecule has 1 amide bonds. The lowest BCUT2D eigenvalue weighted by Gasteiger charge is -2.28. The van der Waals surface area contributed by atoms with Crippen LogP contribution in [-0.2, 0) is 11.3 Å². The predicted octanol–water partition coefficient (Wildman–Crippen LogP) is 3.09. The molecule has 3 aromatic heterocycles. The van der Waals surface area contributed by atoms with E-state index in [4.69, 9.17) is 14.2 Å². The molecule has 0 bridgehead atoms. The van der Waals surface area contributed by atoms with Gasteiger partial charge in [-0.1, -0.05) is 0 Å². The molecule has 9 nitrogen and oxygen atoms in total. The van der Waals surface area contributed by atoms with Crippen LogP contribution in [0, 0.1) is 5.92 Å². The Hall–Kier alpha value is -3.46. The van der Waals surface area contributed by atoms with Gasteiger partial charge in [0.1, 0.15) is 18.7 Å². The molecule has 3 aromatic rings. The highest BCUT2D eigenvalue weighted by Gasteiger charge is 2.27. The lowest BCUT2D eigenvalue weighted by molar-refractivity contribution is -0.120. The summed E-state index contributed by atoms with van der Waals surface area (Å²) >= 11 is 0. The van der Waals surface area contributed by atoms with Crippen molar-refractivity contribution in [1.29, 1.82) is 0 Å². The zero-order chi connectivity index (χ0) is 22.6. The number of fused-ring (bicyclic) bond motifs is 2. The summed E-state index contributed by atoms with van der Waals surface area (Å²) in [5, 5.41) is 6.62. The number of rotatable bonds is 6. The number of aromatic nitrogens is 3. The number of ether oxygens (including phenoxy) is 3. The molecule has 1 saturated carbocycles. The number of pyridine rings is 3. The van der Waals surface area contributed by atoms with Crippen molar-refractivity contribution in [1.82, 2.24) is 20.3 Å². The molecule has 0 radical (unpaired) electrons. The number of anilines is 1. The summed E-state index contributed by atoms with van der Waals surface area (Å²) in [6.45, 7) is 1.79. The molecule has 2 N–H and O–H groups in total. The van der Waals surface area contributed by atoms with E-state index >= 15 is 0 Å². The minimum atomic E-state index is -0.0238. The van der Waals surface area contributed by atoms with Crippen LogP contribution in [-0.4, -0.2) is 47.2 Å². The van der Waals surface area contributed by atoms with Gasteiger partial charge in [-0.3, -0.25) is 14.8 Å². The molecule has 2 aliphatic rings. The van der Waals surface area contributed by atoms with Crippen molar-refractivity contribution in [2.75, 3.05) is 25.6 Å². The first kappa shape index (κ1) is 21.4. The van der Waals surface area contributed by atoms with E-state index in [0.29, 0.717) is 54.2 Å². The fourth-order valence-electron chi connectivity index (χ4n) is 4.35. The summed E-state index contributed by atoms with van der Waals surface area (Å²) in [7, 11) is 1.57. The molecule has 0 atom stereocenters. The van der Waals surface area contributed by atoms with Gasteiger partial charge in [-0.15, -0.1) is 0 Å². The minimum absolute atomic E-state index is 0.0238. The molecule has 33 heavy (non-hydrogen) atoms. The van der Waals surface area contributed by atoms with Gasteiger partial charge in [0.2, 0.25) is 11.8 Å². The lowest BCUT2D eigenvalue weighted by Crippen LogP contribution is -2.36. The van der Waals surface area contributed by atoms with E-state index in [1.165, 1.54) is 0 Å². The number of nitrogens with one attached hydrogen (secondary N) is 2. The van der Waals surface area contributed by atoms with Crippen molar-refractivity contribution in [2.45, 2.75) is 38.3 Å². The third kappa shape index (κ3) is 4.83. The average Bonchev–Trinajstić information content (AvgIpc) is 2.87. The number of amides is 1. The van der Waals surface area contributed by atoms with E-state index in [2.05, 4.69) is 25.6 Å². The van der Waals surface area contributed by atoms with Crippen molar-refractivity contribution in [3.8, 4) is 17.4 Å². The van der Waals surface area contributed by atoms with Gasteiger partial charge in [0.05, 0.1) is 30.2 Å². The van der Waals surface area contributed by atoms with Crippen LogP contribution >= 0.6 is 0 Å². The zero-order valence-corrected chi connectivity index (χ0v) is 18.5. The highest BCUT2D eigenvalue weighted by molar-refractivity contribution is 6.00. The fraction of sp³-hybridized carbons (Fsp3) is 0.417. The van der Waals surface area contributed by atoms with E-state index in [1.54, 1.807) is 31.6 Å². The number of nitrogens with zero attached hydrogens (tertiary/aromatic N) is 3. The Morgan fingerprint density at radius 3 is 2.73 bits per heavy atom. The van der Waals surface area contributed by atoms with Gasteiger partial charge in [0.15, 0.2) is 11.5 Å². The Labute approximate surface area is 191 Å². The summed E-state index contributed by atoms with van der Waals surface area (Å²) in [6.07, 6.45) is 6.94. The molecule has 0 spiro atoms. The first-order valence-electron chi connectivity index (χ1n) is 11.3. The van der Waals surface area contributed by atoms with Gasteiger partial charge in [0.25, 0.3) is 0 Å². The maximum absolute atomic E-state index is 12.9. The average molecular weight is 450 g/mol. The standard InChI is InChI=1S/C24H27N5O4/c1-31-22-7-6-18-23(29-22)19(8-9-25-18)28-24(30)15-2-4-16(5-3-15)26-13-17-12-20-21(14-27-17)33-11-10-32-20/h6-9,12,14-16,26H,2-5,10-11,13H2,1H3,(H,25,28,30)/t15-,16-. The van der Waals surface area contributed by atoms with Crippen LogP contribution in [0.2, 0.25) is 0 Å². The maximum Gasteiger partial charge on any atom is 0.227 e. The molecule has 1 aliphatic carbocycles. The van der Waals surface area contributed by atoms with E-state index in [9.17, 15) is 4.79 Å². The van der Waals surface area contributed by atoms with Crippen LogP contribution in [0.15, 0.2) is 36.7 Å². The number of hydrogen-bond acceptors (Lipinski definition) is 8. The number of methoxy groups -OCH3 is 1. The Morgan fingerprint density at radius 2 is 1.91 bits per heavy atom. The molecule has 172 valence electrons. The van der Waals surface area contributed by atoms with Gasteiger partial charge in [0, 0.05) is 36.8 Å². The fourth-order valence-corrected chi connectivity index (χ4v) is 4.35. The minimum Gasteiger partial charge on any atom is -0.486 e. The first-order valence-corrected chi connectivity index (χ1v) is 11.3. The third-order valence-corrected chi connectivity index (χ3v) is 6.18. The summed E-state index contributed by atoms with van der Waals surface area (Å²) in [5.74, 6) is 1.95. The third-order valence-electron chi connectivity index (χ3n) is 6.18. The van der Waals surface area contributed by atoms with Gasteiger partial charge in [-0.05, 0) is 37.8 Å². The first-order chi connectivity index (χ1) is 16.2. The number of carbonyl (C=O) groups excluding carboxylic acids is 1. The molecule has 0 aromatic carbocycles. The van der Waals surface area contributed by atoms with Crippen molar-refractivity contribution < 1.29 is 19.0 Å². The SMILES string of the molecule is COc1ccc2nccc(NC(=O)[C@H]3CC[C@H](NCc4cc5c(cn4)OCCO5)CC3)c2n1. The Kier molecular flexibility index (Phi) is 6.21. The van der Waals surface area contributed by atoms with Crippen LogP contribution in [0.4, 0.5) is 5.69 Å². The number of carbonyl (C=O) groups is 1. The van der Waals surface area contributed by atoms with Crippen molar-refractivity contribution >= 4 is 22.6 Å². The Morgan fingerprint density at radius 1 is 1.09 bits per heavy atom. The molecule has 9 heteroatoms. The van der Waals surface area contributed by atoms with E-state index in [0.717, 1.165) is 37.1 Å². The highest BCUT2D eigenvalue weighted by Crippen LogP contribution is 2.30. The molecule has 4 heterocycles. The van der Waals surface area contributed by atoms with E-state index < -0.39 is 0 Å². The van der Waals surface area contributed by atoms with E-state index in [-0.39, 0.29) is 11.8 Å². The van der Waals surface area contributed by atoms with Gasteiger partial charge in [-0.2, -0.15) is 0 Å². The summed E-state index contributed by atoms with van der Waals surface area (Å²) < 4.78 is 16.4. The molecular weight excluding hydrogens is 422 g/mol. The summed E-state index contributed by atoms with van der Waals surface area (Å²) in [5.41, 5.74) is 2.93. The zero-order valence-electron chi connectivity index (χ0n) is 18.5. The number of hydrogen-bond donors (Lipinski definition) is 2. The molecule has 1 fully saturated rings. The van der Waals surface area contributed by atoms with Crippen LogP contribution in [0.3, 0.4) is 0 Å². The predicted molar refractivity (Wildman–Crippen MR) is 123 cm³/mol. The quantitative estimate of drug-likeness (QED) is 0.591. The van der Waals surface area contributed by atoms with Crippen LogP contribution < -0.4 is 24.8 Å². The largest absolute Gasteiger partial charge is 0.486 e. The van der Waals surface area contributed by atoms with E-state index in [1.807, 2.05) is 12.1 Å². The topological polar surface area (TPSA) is 107 Å². The van der Waals surface area contributed by atoms with Crippen molar-refractivity contribution in [2.24, 2.45) is 5.92 Å². The Balaban J connectivity index is 1.14. The van der Waals surface area contributed by atoms with Gasteiger partial charge in [-0.25, -0.2) is 4.98 Å². The van der Waals surface area contributed by atoms with Gasteiger partial charge >= 0.3 is 0 Å². The van der Waals surface area contributed by atoms with Crippen LogP contribution in [0.5, 0.6) is 17.4 Å². The molecule has 0 unspecified atom stereocenters. The molecule has 1 aliphatic heterocycles. The maximum atomic E-state index is 12.9. The smallest absolute Gasteiger partial charge is 0.227 e. The Bertz CT molecular complexity index is 1150. The normalized spacial score (nSPS) is 19.8.